The van der Waals surface area contributed by atoms with Gasteiger partial charge in [-0.1, -0.05) is 0 Å². The van der Waals surface area contributed by atoms with Crippen LogP contribution in [-0.4, -0.2) is 37.6 Å². The van der Waals surface area contributed by atoms with Crippen molar-refractivity contribution in [2.45, 2.75) is 6.42 Å². The van der Waals surface area contributed by atoms with Crippen molar-refractivity contribution >= 4 is 17.6 Å². The van der Waals surface area contributed by atoms with Crippen LogP contribution in [0, 0.1) is 0 Å². The number of hydrogen-bond acceptors (Lipinski definition) is 5. The van der Waals surface area contributed by atoms with E-state index in [1.807, 2.05) is 0 Å². The van der Waals surface area contributed by atoms with Gasteiger partial charge in [0.2, 0.25) is 5.91 Å². The predicted molar refractivity (Wildman–Crippen MR) is 62.7 cm³/mol. The number of hydrogen-bond donors (Lipinski definition) is 2. The first kappa shape index (κ1) is 13.0. The summed E-state index contributed by atoms with van der Waals surface area (Å²) in [6.07, 6.45) is 1.88. The van der Waals surface area contributed by atoms with E-state index in [-0.39, 0.29) is 11.6 Å². The molecule has 1 rings (SSSR count). The summed E-state index contributed by atoms with van der Waals surface area (Å²) in [6, 6.07) is 3.30. The van der Waals surface area contributed by atoms with Crippen LogP contribution in [0.3, 0.4) is 0 Å². The molecule has 1 amide bonds. The quantitative estimate of drug-likeness (QED) is 0.725. The number of esters is 1. The molecule has 0 unspecified atom stereocenters. The van der Waals surface area contributed by atoms with Gasteiger partial charge in [0.1, 0.15) is 5.69 Å². The van der Waals surface area contributed by atoms with Crippen LogP contribution in [-0.2, 0) is 9.53 Å². The third kappa shape index (κ3) is 4.10. The van der Waals surface area contributed by atoms with E-state index < -0.39 is 5.97 Å². The molecule has 0 aliphatic heterocycles. The van der Waals surface area contributed by atoms with E-state index in [0.29, 0.717) is 13.0 Å². The number of ether oxygens (including phenoxy) is 1. The van der Waals surface area contributed by atoms with E-state index in [2.05, 4.69) is 20.4 Å². The highest BCUT2D eigenvalue weighted by atomic mass is 16.5. The van der Waals surface area contributed by atoms with E-state index in [1.54, 1.807) is 19.2 Å². The van der Waals surface area contributed by atoms with Gasteiger partial charge in [-0.15, -0.1) is 0 Å². The number of amides is 1. The van der Waals surface area contributed by atoms with Crippen LogP contribution in [0.15, 0.2) is 18.3 Å². The second-order valence-electron chi connectivity index (χ2n) is 3.27. The molecule has 92 valence electrons. The Bertz CT molecular complexity index is 407. The van der Waals surface area contributed by atoms with Crippen molar-refractivity contribution in [1.82, 2.24) is 10.3 Å². The van der Waals surface area contributed by atoms with Crippen molar-refractivity contribution in [2.24, 2.45) is 0 Å². The first-order valence-corrected chi connectivity index (χ1v) is 5.16. The summed E-state index contributed by atoms with van der Waals surface area (Å²) < 4.78 is 4.56. The van der Waals surface area contributed by atoms with Gasteiger partial charge >= 0.3 is 5.97 Å². The van der Waals surface area contributed by atoms with Crippen LogP contribution in [0.4, 0.5) is 5.69 Å². The first-order valence-electron chi connectivity index (χ1n) is 5.16. The molecule has 1 heterocycles. The minimum Gasteiger partial charge on any atom is -0.464 e. The zero-order chi connectivity index (χ0) is 12.7. The summed E-state index contributed by atoms with van der Waals surface area (Å²) in [4.78, 5) is 26.1. The third-order valence-corrected chi connectivity index (χ3v) is 2.11. The largest absolute Gasteiger partial charge is 0.464 e. The first-order chi connectivity index (χ1) is 8.17. The number of pyridine rings is 1. The average molecular weight is 237 g/mol. The lowest BCUT2D eigenvalue weighted by Gasteiger charge is -2.06. The number of aromatic nitrogens is 1. The molecule has 2 N–H and O–H groups in total. The summed E-state index contributed by atoms with van der Waals surface area (Å²) in [6.45, 7) is 0.490. The number of carbonyl (C=O) groups is 2. The van der Waals surface area contributed by atoms with Crippen molar-refractivity contribution in [3.05, 3.63) is 24.0 Å². The minimum absolute atomic E-state index is 0.0419. The Hall–Kier alpha value is -2.11. The van der Waals surface area contributed by atoms with Gasteiger partial charge in [0.15, 0.2) is 0 Å². The summed E-state index contributed by atoms with van der Waals surface area (Å²) in [5, 5.41) is 5.55. The van der Waals surface area contributed by atoms with Crippen LogP contribution in [0.25, 0.3) is 0 Å². The third-order valence-electron chi connectivity index (χ3n) is 2.11. The van der Waals surface area contributed by atoms with Crippen molar-refractivity contribution in [2.75, 3.05) is 26.0 Å². The standard InChI is InChI=1S/C11H15N3O3/c1-12-10(15)4-6-13-8-3-5-14-9(7-8)11(16)17-2/h3,5,7H,4,6H2,1-2H3,(H,12,15)(H,13,14). The highest BCUT2D eigenvalue weighted by molar-refractivity contribution is 5.88. The summed E-state index contributed by atoms with van der Waals surface area (Å²) >= 11 is 0. The van der Waals surface area contributed by atoms with Gasteiger partial charge < -0.3 is 15.4 Å². The van der Waals surface area contributed by atoms with E-state index in [4.69, 9.17) is 0 Å². The summed E-state index contributed by atoms with van der Waals surface area (Å²) in [5.41, 5.74) is 0.960. The van der Waals surface area contributed by atoms with Gasteiger partial charge in [-0.05, 0) is 12.1 Å². The smallest absolute Gasteiger partial charge is 0.356 e. The van der Waals surface area contributed by atoms with Crippen LogP contribution < -0.4 is 10.6 Å². The monoisotopic (exact) mass is 237 g/mol. The Labute approximate surface area is 99.4 Å². The van der Waals surface area contributed by atoms with E-state index in [9.17, 15) is 9.59 Å². The molecule has 6 nitrogen and oxygen atoms in total. The lowest BCUT2D eigenvalue weighted by atomic mass is 10.3. The van der Waals surface area contributed by atoms with Crippen molar-refractivity contribution in [1.29, 1.82) is 0 Å². The van der Waals surface area contributed by atoms with Gasteiger partial charge in [0.05, 0.1) is 7.11 Å². The molecule has 0 saturated carbocycles. The SMILES string of the molecule is CNC(=O)CCNc1ccnc(C(=O)OC)c1. The van der Waals surface area contributed by atoms with Gasteiger partial charge in [-0.25, -0.2) is 9.78 Å². The van der Waals surface area contributed by atoms with Gasteiger partial charge in [-0.3, -0.25) is 4.79 Å². The van der Waals surface area contributed by atoms with E-state index >= 15 is 0 Å². The van der Waals surface area contributed by atoms with Gasteiger partial charge in [0, 0.05) is 31.9 Å². The molecule has 0 aromatic carbocycles. The van der Waals surface area contributed by atoms with Crippen LogP contribution in [0.5, 0.6) is 0 Å². The molecule has 0 bridgehead atoms. The Balaban J connectivity index is 2.54. The Kier molecular flexibility index (Phi) is 4.93. The number of nitrogens with one attached hydrogen (secondary N) is 2. The second-order valence-corrected chi connectivity index (χ2v) is 3.27. The second kappa shape index (κ2) is 6.47. The highest BCUT2D eigenvalue weighted by Crippen LogP contribution is 2.08. The maximum absolute atomic E-state index is 11.2. The normalized spacial score (nSPS) is 9.53. The molecule has 0 atom stereocenters. The van der Waals surface area contributed by atoms with Crippen molar-refractivity contribution in [3.63, 3.8) is 0 Å². The molecule has 0 aliphatic rings. The molecule has 0 spiro atoms. The van der Waals surface area contributed by atoms with Crippen LogP contribution in [0.2, 0.25) is 0 Å². The van der Waals surface area contributed by atoms with Crippen LogP contribution >= 0.6 is 0 Å². The lowest BCUT2D eigenvalue weighted by Crippen LogP contribution is -2.20. The number of rotatable bonds is 5. The van der Waals surface area contributed by atoms with Gasteiger partial charge in [-0.2, -0.15) is 0 Å². The highest BCUT2D eigenvalue weighted by Gasteiger charge is 2.07. The molecule has 17 heavy (non-hydrogen) atoms. The van der Waals surface area contributed by atoms with Crippen LogP contribution in [0.1, 0.15) is 16.9 Å². The predicted octanol–water partition coefficient (Wildman–Crippen LogP) is 0.416. The lowest BCUT2D eigenvalue weighted by molar-refractivity contribution is -0.120. The molecule has 0 fully saturated rings. The fraction of sp³-hybridized carbons (Fsp3) is 0.364. The minimum atomic E-state index is -0.486. The molecule has 0 aliphatic carbocycles. The Morgan fingerprint density at radius 1 is 1.47 bits per heavy atom. The van der Waals surface area contributed by atoms with Crippen molar-refractivity contribution in [3.8, 4) is 0 Å². The number of nitrogens with zero attached hydrogens (tertiary/aromatic N) is 1. The Morgan fingerprint density at radius 2 is 2.24 bits per heavy atom. The fourth-order valence-corrected chi connectivity index (χ4v) is 1.20. The molecule has 1 aromatic heterocycles. The molecule has 6 heteroatoms. The molecule has 0 radical (unpaired) electrons. The van der Waals surface area contributed by atoms with E-state index in [1.165, 1.54) is 13.3 Å². The van der Waals surface area contributed by atoms with Crippen molar-refractivity contribution < 1.29 is 14.3 Å². The summed E-state index contributed by atoms with van der Waals surface area (Å²) in [7, 11) is 2.89. The average Bonchev–Trinajstić information content (AvgIpc) is 2.38. The molecule has 1 aromatic rings. The topological polar surface area (TPSA) is 80.3 Å². The summed E-state index contributed by atoms with van der Waals surface area (Å²) in [5.74, 6) is -0.528. The Morgan fingerprint density at radius 3 is 2.88 bits per heavy atom. The number of carbonyl (C=O) groups excluding carboxylic acids is 2. The van der Waals surface area contributed by atoms with Gasteiger partial charge in [0.25, 0.3) is 0 Å². The van der Waals surface area contributed by atoms with E-state index in [0.717, 1.165) is 5.69 Å². The zero-order valence-electron chi connectivity index (χ0n) is 9.82. The maximum Gasteiger partial charge on any atom is 0.356 e. The fourth-order valence-electron chi connectivity index (χ4n) is 1.20. The number of methoxy groups -OCH3 is 1. The maximum atomic E-state index is 11.2. The molecule has 0 saturated heterocycles. The zero-order valence-corrected chi connectivity index (χ0v) is 9.82. The molecular formula is C11H15N3O3. The number of anilines is 1. The molecular weight excluding hydrogens is 222 g/mol.